The number of carbonyl (C=O) groups is 1. The van der Waals surface area contributed by atoms with Crippen molar-refractivity contribution >= 4 is 11.7 Å². The molecule has 1 aliphatic heterocycles. The van der Waals surface area contributed by atoms with Gasteiger partial charge in [-0.3, -0.25) is 18.7 Å². The van der Waals surface area contributed by atoms with E-state index >= 15 is 0 Å². The minimum absolute atomic E-state index is 0.00934. The number of aromatic nitrogens is 2. The standard InChI is InChI=1S/C24H34N4O4/c1-17(2)27-21(15-22(29)28(18(3)4)24(27)31)25-10-7-11-26(13-12-25)23(30)16-32-20-9-6-8-19(5)14-20/h6,8-9,14-15,17-18H,7,10-13,16H2,1-5H3. The summed E-state index contributed by atoms with van der Waals surface area (Å²) in [7, 11) is 0. The van der Waals surface area contributed by atoms with Gasteiger partial charge in [-0.1, -0.05) is 12.1 Å². The van der Waals surface area contributed by atoms with Crippen LogP contribution in [0.15, 0.2) is 39.9 Å². The Labute approximate surface area is 189 Å². The van der Waals surface area contributed by atoms with Crippen molar-refractivity contribution in [2.75, 3.05) is 37.7 Å². The van der Waals surface area contributed by atoms with Gasteiger partial charge in [-0.15, -0.1) is 0 Å². The molecule has 0 spiro atoms. The fourth-order valence-electron chi connectivity index (χ4n) is 4.10. The van der Waals surface area contributed by atoms with Crippen LogP contribution in [0.1, 0.15) is 51.8 Å². The van der Waals surface area contributed by atoms with Gasteiger partial charge in [-0.05, 0) is 58.7 Å². The molecule has 2 aromatic rings. The third-order valence-corrected chi connectivity index (χ3v) is 5.71. The van der Waals surface area contributed by atoms with Crippen LogP contribution in [0.2, 0.25) is 0 Å². The number of ether oxygens (including phenoxy) is 1. The maximum absolute atomic E-state index is 13.1. The molecule has 2 heterocycles. The highest BCUT2D eigenvalue weighted by Gasteiger charge is 2.24. The topological polar surface area (TPSA) is 76.8 Å². The molecule has 1 aliphatic rings. The quantitative estimate of drug-likeness (QED) is 0.687. The molecule has 0 bridgehead atoms. The molecule has 0 atom stereocenters. The second-order valence-electron chi connectivity index (χ2n) is 8.88. The van der Waals surface area contributed by atoms with Crippen LogP contribution in [0, 0.1) is 6.92 Å². The highest BCUT2D eigenvalue weighted by Crippen LogP contribution is 2.19. The van der Waals surface area contributed by atoms with E-state index in [1.165, 1.54) is 4.57 Å². The SMILES string of the molecule is Cc1cccc(OCC(=O)N2CCCN(c3cc(=O)n(C(C)C)c(=O)n3C(C)C)CC2)c1. The lowest BCUT2D eigenvalue weighted by Gasteiger charge is -2.28. The lowest BCUT2D eigenvalue weighted by atomic mass is 10.2. The summed E-state index contributed by atoms with van der Waals surface area (Å²) in [4.78, 5) is 42.3. The summed E-state index contributed by atoms with van der Waals surface area (Å²) in [6.45, 7) is 11.9. The van der Waals surface area contributed by atoms with E-state index in [1.807, 2.05) is 63.8 Å². The van der Waals surface area contributed by atoms with E-state index in [1.54, 1.807) is 15.5 Å². The Balaban J connectivity index is 1.74. The number of benzene rings is 1. The summed E-state index contributed by atoms with van der Waals surface area (Å²) >= 11 is 0. The number of aryl methyl sites for hydroxylation is 1. The van der Waals surface area contributed by atoms with Crippen LogP contribution < -0.4 is 20.9 Å². The molecular formula is C24H34N4O4. The number of anilines is 1. The number of hydrogen-bond donors (Lipinski definition) is 0. The predicted molar refractivity (Wildman–Crippen MR) is 126 cm³/mol. The molecule has 1 aromatic carbocycles. The lowest BCUT2D eigenvalue weighted by Crippen LogP contribution is -2.45. The van der Waals surface area contributed by atoms with E-state index in [-0.39, 0.29) is 35.8 Å². The van der Waals surface area contributed by atoms with E-state index < -0.39 is 0 Å². The maximum Gasteiger partial charge on any atom is 0.333 e. The van der Waals surface area contributed by atoms with Gasteiger partial charge in [0.25, 0.3) is 11.5 Å². The number of nitrogens with zero attached hydrogens (tertiary/aromatic N) is 4. The summed E-state index contributed by atoms with van der Waals surface area (Å²) < 4.78 is 8.65. The van der Waals surface area contributed by atoms with Gasteiger partial charge in [-0.2, -0.15) is 0 Å². The molecule has 0 N–H and O–H groups in total. The van der Waals surface area contributed by atoms with E-state index in [4.69, 9.17) is 4.74 Å². The van der Waals surface area contributed by atoms with Crippen LogP contribution in [0.4, 0.5) is 5.82 Å². The lowest BCUT2D eigenvalue weighted by molar-refractivity contribution is -0.133. The summed E-state index contributed by atoms with van der Waals surface area (Å²) in [5.74, 6) is 1.24. The Kier molecular flexibility index (Phi) is 7.43. The van der Waals surface area contributed by atoms with Crippen molar-refractivity contribution in [3.8, 4) is 5.75 Å². The molecule has 0 unspecified atom stereocenters. The van der Waals surface area contributed by atoms with E-state index in [2.05, 4.69) is 0 Å². The normalized spacial score (nSPS) is 14.7. The monoisotopic (exact) mass is 442 g/mol. The van der Waals surface area contributed by atoms with Crippen LogP contribution in [-0.2, 0) is 4.79 Å². The van der Waals surface area contributed by atoms with Gasteiger partial charge < -0.3 is 14.5 Å². The van der Waals surface area contributed by atoms with Crippen LogP contribution in [0.5, 0.6) is 5.75 Å². The Morgan fingerprint density at radius 3 is 2.34 bits per heavy atom. The highest BCUT2D eigenvalue weighted by atomic mass is 16.5. The maximum atomic E-state index is 13.1. The third kappa shape index (κ3) is 5.23. The van der Waals surface area contributed by atoms with Crippen molar-refractivity contribution < 1.29 is 9.53 Å². The average Bonchev–Trinajstić information content (AvgIpc) is 2.97. The van der Waals surface area contributed by atoms with E-state index in [0.717, 1.165) is 12.0 Å². The largest absolute Gasteiger partial charge is 0.484 e. The van der Waals surface area contributed by atoms with Crippen LogP contribution in [-0.4, -0.2) is 52.7 Å². The molecule has 8 heteroatoms. The summed E-state index contributed by atoms with van der Waals surface area (Å²) in [5, 5.41) is 0. The molecule has 0 aliphatic carbocycles. The zero-order chi connectivity index (χ0) is 23.4. The molecule has 1 aromatic heterocycles. The zero-order valence-corrected chi connectivity index (χ0v) is 19.7. The van der Waals surface area contributed by atoms with E-state index in [0.29, 0.717) is 37.7 Å². The van der Waals surface area contributed by atoms with Crippen molar-refractivity contribution in [3.63, 3.8) is 0 Å². The summed E-state index contributed by atoms with van der Waals surface area (Å²) in [6.07, 6.45) is 0.746. The number of amides is 1. The first-order valence-corrected chi connectivity index (χ1v) is 11.3. The fourth-order valence-corrected chi connectivity index (χ4v) is 4.10. The molecule has 32 heavy (non-hydrogen) atoms. The summed E-state index contributed by atoms with van der Waals surface area (Å²) in [6, 6.07) is 8.89. The highest BCUT2D eigenvalue weighted by molar-refractivity contribution is 5.78. The second kappa shape index (κ2) is 10.1. The Morgan fingerprint density at radius 2 is 1.69 bits per heavy atom. The van der Waals surface area contributed by atoms with Gasteiger partial charge in [-0.25, -0.2) is 4.79 Å². The molecule has 3 rings (SSSR count). The van der Waals surface area contributed by atoms with Crippen LogP contribution >= 0.6 is 0 Å². The predicted octanol–water partition coefficient (Wildman–Crippen LogP) is 2.60. The van der Waals surface area contributed by atoms with Gasteiger partial charge in [0.1, 0.15) is 11.6 Å². The van der Waals surface area contributed by atoms with Crippen molar-refractivity contribution in [1.82, 2.24) is 14.0 Å². The van der Waals surface area contributed by atoms with Crippen molar-refractivity contribution in [1.29, 1.82) is 0 Å². The van der Waals surface area contributed by atoms with E-state index in [9.17, 15) is 14.4 Å². The minimum atomic E-state index is -0.291. The molecule has 8 nitrogen and oxygen atoms in total. The first-order valence-electron chi connectivity index (χ1n) is 11.3. The molecular weight excluding hydrogens is 408 g/mol. The molecule has 0 radical (unpaired) electrons. The minimum Gasteiger partial charge on any atom is -0.484 e. The molecule has 1 fully saturated rings. The van der Waals surface area contributed by atoms with Crippen molar-refractivity contribution in [2.45, 2.75) is 53.1 Å². The van der Waals surface area contributed by atoms with Gasteiger partial charge in [0, 0.05) is 44.3 Å². The molecule has 0 saturated carbocycles. The molecule has 174 valence electrons. The molecule has 1 amide bonds. The first kappa shape index (κ1) is 23.6. The van der Waals surface area contributed by atoms with Gasteiger partial charge in [0.05, 0.1) is 0 Å². The Bertz CT molecular complexity index is 1070. The third-order valence-electron chi connectivity index (χ3n) is 5.71. The Hall–Kier alpha value is -3.03. The number of hydrogen-bond acceptors (Lipinski definition) is 5. The van der Waals surface area contributed by atoms with Crippen molar-refractivity contribution in [3.05, 3.63) is 56.7 Å². The van der Waals surface area contributed by atoms with Crippen molar-refractivity contribution in [2.24, 2.45) is 0 Å². The zero-order valence-electron chi connectivity index (χ0n) is 19.7. The average molecular weight is 443 g/mol. The second-order valence-corrected chi connectivity index (χ2v) is 8.88. The smallest absolute Gasteiger partial charge is 0.333 e. The van der Waals surface area contributed by atoms with Gasteiger partial charge in [0.2, 0.25) is 0 Å². The first-order chi connectivity index (χ1) is 15.2. The van der Waals surface area contributed by atoms with Gasteiger partial charge in [0.15, 0.2) is 6.61 Å². The summed E-state index contributed by atoms with van der Waals surface area (Å²) in [5.41, 5.74) is 0.498. The Morgan fingerprint density at radius 1 is 0.969 bits per heavy atom. The fraction of sp³-hybridized carbons (Fsp3) is 0.542. The molecule has 1 saturated heterocycles. The van der Waals surface area contributed by atoms with Gasteiger partial charge >= 0.3 is 5.69 Å². The number of carbonyl (C=O) groups excluding carboxylic acids is 1. The number of rotatable bonds is 6. The van der Waals surface area contributed by atoms with Crippen LogP contribution in [0.25, 0.3) is 0 Å². The van der Waals surface area contributed by atoms with Crippen LogP contribution in [0.3, 0.4) is 0 Å².